The molecule has 5 heteroatoms. The zero-order chi connectivity index (χ0) is 11.4. The summed E-state index contributed by atoms with van der Waals surface area (Å²) in [6.45, 7) is 2.02. The number of ether oxygens (including phenoxy) is 1. The third-order valence-electron chi connectivity index (χ3n) is 1.77. The Morgan fingerprint density at radius 1 is 1.60 bits per heavy atom. The molecule has 1 aromatic rings. The van der Waals surface area contributed by atoms with Crippen LogP contribution in [-0.4, -0.2) is 12.6 Å². The predicted molar refractivity (Wildman–Crippen MR) is 56.2 cm³/mol. The van der Waals surface area contributed by atoms with Crippen molar-refractivity contribution in [3.05, 3.63) is 28.5 Å². The van der Waals surface area contributed by atoms with Gasteiger partial charge in [0.15, 0.2) is 5.82 Å². The molecule has 0 aliphatic rings. The Hall–Kier alpha value is -1.29. The number of nitrogens with two attached hydrogens (primary N) is 1. The molecule has 1 aromatic carbocycles. The number of esters is 1. The van der Waals surface area contributed by atoms with Crippen molar-refractivity contribution in [1.29, 1.82) is 0 Å². The van der Waals surface area contributed by atoms with Gasteiger partial charge in [-0.1, -0.05) is 11.6 Å². The van der Waals surface area contributed by atoms with E-state index in [-0.39, 0.29) is 23.1 Å². The van der Waals surface area contributed by atoms with E-state index in [1.165, 1.54) is 12.1 Å². The predicted octanol–water partition coefficient (Wildman–Crippen LogP) is 2.17. The summed E-state index contributed by atoms with van der Waals surface area (Å²) in [5.74, 6) is -1.05. The summed E-state index contributed by atoms with van der Waals surface area (Å²) < 4.78 is 17.8. The molecule has 0 atom stereocenters. The van der Waals surface area contributed by atoms with E-state index < -0.39 is 5.82 Å². The van der Waals surface area contributed by atoms with Crippen LogP contribution in [0.1, 0.15) is 12.5 Å². The number of benzene rings is 1. The van der Waals surface area contributed by atoms with Gasteiger partial charge >= 0.3 is 5.97 Å². The van der Waals surface area contributed by atoms with Crippen molar-refractivity contribution < 1.29 is 13.9 Å². The van der Waals surface area contributed by atoms with Gasteiger partial charge in [0.1, 0.15) is 0 Å². The van der Waals surface area contributed by atoms with Crippen LogP contribution in [0.5, 0.6) is 0 Å². The zero-order valence-electron chi connectivity index (χ0n) is 8.22. The first-order valence-electron chi connectivity index (χ1n) is 4.43. The van der Waals surface area contributed by atoms with E-state index in [1.54, 1.807) is 6.92 Å². The second kappa shape index (κ2) is 4.98. The zero-order valence-corrected chi connectivity index (χ0v) is 8.97. The Bertz CT molecular complexity index is 359. The molecular weight excluding hydrogens is 221 g/mol. The van der Waals surface area contributed by atoms with Crippen LogP contribution in [0.15, 0.2) is 12.1 Å². The fraction of sp³-hybridized carbons (Fsp3) is 0.300. The monoisotopic (exact) mass is 231 g/mol. The third-order valence-corrected chi connectivity index (χ3v) is 2.04. The van der Waals surface area contributed by atoms with E-state index in [4.69, 9.17) is 22.1 Å². The Labute approximate surface area is 92.0 Å². The highest BCUT2D eigenvalue weighted by Crippen LogP contribution is 2.22. The van der Waals surface area contributed by atoms with Crippen LogP contribution in [0.25, 0.3) is 0 Å². The Balaban J connectivity index is 2.83. The summed E-state index contributed by atoms with van der Waals surface area (Å²) in [7, 11) is 0. The first-order chi connectivity index (χ1) is 7.04. The summed E-state index contributed by atoms with van der Waals surface area (Å²) in [6.07, 6.45) is 0.0397. The molecule has 0 amide bonds. The Kier molecular flexibility index (Phi) is 3.91. The molecule has 0 spiro atoms. The molecule has 2 N–H and O–H groups in total. The number of carbonyl (C=O) groups is 1. The minimum atomic E-state index is -0.663. The van der Waals surface area contributed by atoms with E-state index >= 15 is 0 Å². The number of hydrogen-bond acceptors (Lipinski definition) is 3. The number of hydrogen-bond donors (Lipinski definition) is 1. The lowest BCUT2D eigenvalue weighted by molar-refractivity contribution is -0.142. The smallest absolute Gasteiger partial charge is 0.310 e. The van der Waals surface area contributed by atoms with Crippen molar-refractivity contribution in [1.82, 2.24) is 0 Å². The van der Waals surface area contributed by atoms with Crippen molar-refractivity contribution >= 4 is 23.3 Å². The van der Waals surface area contributed by atoms with E-state index in [9.17, 15) is 9.18 Å². The fourth-order valence-electron chi connectivity index (χ4n) is 1.15. The maximum atomic E-state index is 13.0. The highest BCUT2D eigenvalue weighted by atomic mass is 35.5. The van der Waals surface area contributed by atoms with Crippen LogP contribution in [0.2, 0.25) is 5.02 Å². The highest BCUT2D eigenvalue weighted by Gasteiger charge is 2.10. The lowest BCUT2D eigenvalue weighted by Crippen LogP contribution is -2.08. The number of carbonyl (C=O) groups excluding carboxylic acids is 1. The average Bonchev–Trinajstić information content (AvgIpc) is 2.14. The first-order valence-corrected chi connectivity index (χ1v) is 4.81. The average molecular weight is 232 g/mol. The molecule has 0 radical (unpaired) electrons. The van der Waals surface area contributed by atoms with Gasteiger partial charge in [-0.25, -0.2) is 4.39 Å². The molecule has 0 saturated heterocycles. The van der Waals surface area contributed by atoms with Crippen LogP contribution in [0.4, 0.5) is 10.1 Å². The molecule has 1 rings (SSSR count). The topological polar surface area (TPSA) is 52.3 Å². The van der Waals surface area contributed by atoms with Crippen LogP contribution in [0.3, 0.4) is 0 Å². The minimum absolute atomic E-state index is 0.0397. The molecule has 0 fully saturated rings. The minimum Gasteiger partial charge on any atom is -0.466 e. The van der Waals surface area contributed by atoms with Gasteiger partial charge < -0.3 is 10.5 Å². The summed E-state index contributed by atoms with van der Waals surface area (Å²) in [5.41, 5.74) is 5.83. The molecule has 3 nitrogen and oxygen atoms in total. The molecule has 0 aliphatic heterocycles. The van der Waals surface area contributed by atoms with E-state index in [0.717, 1.165) is 0 Å². The molecule has 82 valence electrons. The van der Waals surface area contributed by atoms with Crippen molar-refractivity contribution in [2.45, 2.75) is 13.3 Å². The maximum Gasteiger partial charge on any atom is 0.310 e. The standard InChI is InChI=1S/C10H11ClFNO2/c1-2-15-9(14)5-6-3-7(11)10(12)8(13)4-6/h3-4H,2,5,13H2,1H3. The lowest BCUT2D eigenvalue weighted by atomic mass is 10.1. The summed E-state index contributed by atoms with van der Waals surface area (Å²) in [5, 5.41) is -0.0886. The van der Waals surface area contributed by atoms with Gasteiger partial charge in [-0.15, -0.1) is 0 Å². The molecule has 0 bridgehead atoms. The SMILES string of the molecule is CCOC(=O)Cc1cc(N)c(F)c(Cl)c1. The van der Waals surface area contributed by atoms with Gasteiger partial charge in [-0.2, -0.15) is 0 Å². The van der Waals surface area contributed by atoms with Crippen LogP contribution >= 0.6 is 11.6 Å². The van der Waals surface area contributed by atoms with Gasteiger partial charge in [0.25, 0.3) is 0 Å². The second-order valence-electron chi connectivity index (χ2n) is 2.96. The Morgan fingerprint density at radius 2 is 2.27 bits per heavy atom. The second-order valence-corrected chi connectivity index (χ2v) is 3.37. The maximum absolute atomic E-state index is 13.0. The molecule has 0 aromatic heterocycles. The van der Waals surface area contributed by atoms with Crippen molar-refractivity contribution in [3.63, 3.8) is 0 Å². The summed E-state index contributed by atoms with van der Waals surface area (Å²) in [6, 6.07) is 2.74. The molecule has 0 saturated carbocycles. The summed E-state index contributed by atoms with van der Waals surface area (Å²) >= 11 is 5.57. The van der Waals surface area contributed by atoms with Crippen LogP contribution in [-0.2, 0) is 16.0 Å². The van der Waals surface area contributed by atoms with Gasteiger partial charge in [-0.3, -0.25) is 4.79 Å². The summed E-state index contributed by atoms with van der Waals surface area (Å²) in [4.78, 5) is 11.1. The van der Waals surface area contributed by atoms with Crippen molar-refractivity contribution in [3.8, 4) is 0 Å². The van der Waals surface area contributed by atoms with E-state index in [2.05, 4.69) is 0 Å². The fourth-order valence-corrected chi connectivity index (χ4v) is 1.40. The Morgan fingerprint density at radius 3 is 2.80 bits per heavy atom. The number of rotatable bonds is 3. The van der Waals surface area contributed by atoms with Crippen LogP contribution < -0.4 is 5.73 Å². The molecular formula is C10H11ClFNO2. The lowest BCUT2D eigenvalue weighted by Gasteiger charge is -2.05. The van der Waals surface area contributed by atoms with E-state index in [0.29, 0.717) is 12.2 Å². The number of halogens is 2. The van der Waals surface area contributed by atoms with Crippen molar-refractivity contribution in [2.75, 3.05) is 12.3 Å². The largest absolute Gasteiger partial charge is 0.466 e. The number of anilines is 1. The number of nitrogen functional groups attached to an aromatic ring is 1. The van der Waals surface area contributed by atoms with E-state index in [1.807, 2.05) is 0 Å². The molecule has 0 unspecified atom stereocenters. The first kappa shape index (κ1) is 11.8. The van der Waals surface area contributed by atoms with Crippen LogP contribution in [0, 0.1) is 5.82 Å². The highest BCUT2D eigenvalue weighted by molar-refractivity contribution is 6.31. The van der Waals surface area contributed by atoms with Gasteiger partial charge in [0.2, 0.25) is 0 Å². The molecule has 0 aliphatic carbocycles. The van der Waals surface area contributed by atoms with Gasteiger partial charge in [0, 0.05) is 0 Å². The molecule has 0 heterocycles. The quantitative estimate of drug-likeness (QED) is 0.641. The van der Waals surface area contributed by atoms with Crippen molar-refractivity contribution in [2.24, 2.45) is 0 Å². The molecule has 15 heavy (non-hydrogen) atoms. The normalized spacial score (nSPS) is 10.1. The van der Waals surface area contributed by atoms with Gasteiger partial charge in [0.05, 0.1) is 23.7 Å². The van der Waals surface area contributed by atoms with Gasteiger partial charge in [-0.05, 0) is 24.6 Å². The third kappa shape index (κ3) is 3.09.